The number of rotatable bonds is 4. The number of amides is 1. The standard InChI is InChI=1S/C9H9Cl2NO3S/c1-4(2-7(13)14)12-9(15)5-3-6(10)16-8(5)11/h3-4H,2H2,1H3,(H,12,15)(H,13,14). The lowest BCUT2D eigenvalue weighted by Gasteiger charge is -2.10. The number of carboxylic acids is 1. The Hall–Kier alpha value is -0.780. The van der Waals surface area contributed by atoms with Gasteiger partial charge in [-0.1, -0.05) is 23.2 Å². The molecule has 1 heterocycles. The molecular weight excluding hydrogens is 273 g/mol. The van der Waals surface area contributed by atoms with Crippen molar-refractivity contribution in [2.24, 2.45) is 0 Å². The van der Waals surface area contributed by atoms with E-state index in [0.29, 0.717) is 8.67 Å². The van der Waals surface area contributed by atoms with Gasteiger partial charge in [-0.2, -0.15) is 0 Å². The number of nitrogens with one attached hydrogen (secondary N) is 1. The van der Waals surface area contributed by atoms with Crippen LogP contribution in [0.4, 0.5) is 0 Å². The zero-order valence-electron chi connectivity index (χ0n) is 8.29. The first-order chi connectivity index (χ1) is 7.40. The third kappa shape index (κ3) is 3.66. The summed E-state index contributed by atoms with van der Waals surface area (Å²) in [5.41, 5.74) is 0.272. The third-order valence-corrected chi connectivity index (χ3v) is 3.25. The smallest absolute Gasteiger partial charge is 0.305 e. The van der Waals surface area contributed by atoms with Crippen molar-refractivity contribution in [2.45, 2.75) is 19.4 Å². The van der Waals surface area contributed by atoms with E-state index in [2.05, 4.69) is 5.32 Å². The molecule has 1 rings (SSSR count). The number of thiophene rings is 1. The van der Waals surface area contributed by atoms with Gasteiger partial charge in [-0.25, -0.2) is 0 Å². The molecule has 0 fully saturated rings. The van der Waals surface area contributed by atoms with Crippen LogP contribution in [0.1, 0.15) is 23.7 Å². The van der Waals surface area contributed by atoms with Gasteiger partial charge in [0.15, 0.2) is 0 Å². The van der Waals surface area contributed by atoms with Crippen molar-refractivity contribution in [3.05, 3.63) is 20.3 Å². The van der Waals surface area contributed by atoms with Gasteiger partial charge in [-0.3, -0.25) is 9.59 Å². The molecule has 16 heavy (non-hydrogen) atoms. The van der Waals surface area contributed by atoms with E-state index >= 15 is 0 Å². The van der Waals surface area contributed by atoms with Crippen molar-refractivity contribution >= 4 is 46.4 Å². The molecule has 0 saturated heterocycles. The predicted octanol–water partition coefficient (Wildman–Crippen LogP) is 2.65. The minimum absolute atomic E-state index is 0.138. The number of carbonyl (C=O) groups is 2. The highest BCUT2D eigenvalue weighted by Gasteiger charge is 2.17. The van der Waals surface area contributed by atoms with Crippen LogP contribution in [0.3, 0.4) is 0 Å². The molecular formula is C9H9Cl2NO3S. The summed E-state index contributed by atoms with van der Waals surface area (Å²) in [7, 11) is 0. The number of hydrogen-bond donors (Lipinski definition) is 2. The molecule has 0 saturated carbocycles. The van der Waals surface area contributed by atoms with Crippen molar-refractivity contribution in [2.75, 3.05) is 0 Å². The van der Waals surface area contributed by atoms with Crippen molar-refractivity contribution in [1.82, 2.24) is 5.32 Å². The maximum atomic E-state index is 11.6. The monoisotopic (exact) mass is 281 g/mol. The van der Waals surface area contributed by atoms with Gasteiger partial charge < -0.3 is 10.4 Å². The second kappa shape index (κ2) is 5.52. The number of aliphatic carboxylic acids is 1. The highest BCUT2D eigenvalue weighted by molar-refractivity contribution is 7.20. The molecule has 0 aromatic carbocycles. The molecule has 1 aromatic rings. The Morgan fingerprint density at radius 3 is 2.62 bits per heavy atom. The molecule has 0 bridgehead atoms. The van der Waals surface area contributed by atoms with Gasteiger partial charge in [0.1, 0.15) is 4.34 Å². The summed E-state index contributed by atoms with van der Waals surface area (Å²) in [6.07, 6.45) is -0.138. The lowest BCUT2D eigenvalue weighted by Crippen LogP contribution is -2.34. The molecule has 1 unspecified atom stereocenters. The maximum absolute atomic E-state index is 11.6. The van der Waals surface area contributed by atoms with E-state index in [1.165, 1.54) is 6.07 Å². The fraction of sp³-hybridized carbons (Fsp3) is 0.333. The Morgan fingerprint density at radius 1 is 1.56 bits per heavy atom. The number of halogens is 2. The largest absolute Gasteiger partial charge is 0.481 e. The van der Waals surface area contributed by atoms with Crippen LogP contribution in [0, 0.1) is 0 Å². The third-order valence-electron chi connectivity index (χ3n) is 1.76. The molecule has 0 radical (unpaired) electrons. The quantitative estimate of drug-likeness (QED) is 0.892. The Morgan fingerprint density at radius 2 is 2.19 bits per heavy atom. The summed E-state index contributed by atoms with van der Waals surface area (Å²) in [5, 5.41) is 11.1. The van der Waals surface area contributed by atoms with E-state index in [4.69, 9.17) is 28.3 Å². The van der Waals surface area contributed by atoms with Gasteiger partial charge in [0.05, 0.1) is 16.3 Å². The SMILES string of the molecule is CC(CC(=O)O)NC(=O)c1cc(Cl)sc1Cl. The van der Waals surface area contributed by atoms with Crippen molar-refractivity contribution < 1.29 is 14.7 Å². The van der Waals surface area contributed by atoms with Crippen LogP contribution in [-0.2, 0) is 4.79 Å². The Bertz CT molecular complexity index is 419. The topological polar surface area (TPSA) is 66.4 Å². The predicted molar refractivity (Wildman–Crippen MR) is 63.5 cm³/mol. The van der Waals surface area contributed by atoms with Crippen LogP contribution in [0.5, 0.6) is 0 Å². The lowest BCUT2D eigenvalue weighted by atomic mass is 10.2. The summed E-state index contributed by atoms with van der Waals surface area (Å²) in [6, 6.07) is 0.997. The number of hydrogen-bond acceptors (Lipinski definition) is 3. The fourth-order valence-corrected chi connectivity index (χ4v) is 2.57. The highest BCUT2D eigenvalue weighted by atomic mass is 35.5. The molecule has 2 N–H and O–H groups in total. The fourth-order valence-electron chi connectivity index (χ4n) is 1.11. The summed E-state index contributed by atoms with van der Waals surface area (Å²) in [5.74, 6) is -1.39. The summed E-state index contributed by atoms with van der Waals surface area (Å²) in [6.45, 7) is 1.61. The Labute approximate surface area is 106 Å². The molecule has 1 atom stereocenters. The number of carbonyl (C=O) groups excluding carboxylic acids is 1. The van der Waals surface area contributed by atoms with Gasteiger partial charge in [-0.05, 0) is 13.0 Å². The zero-order chi connectivity index (χ0) is 12.3. The second-order valence-corrected chi connectivity index (χ2v) is 5.50. The van der Waals surface area contributed by atoms with Gasteiger partial charge in [0.25, 0.3) is 5.91 Å². The zero-order valence-corrected chi connectivity index (χ0v) is 10.6. The van der Waals surface area contributed by atoms with Crippen molar-refractivity contribution in [3.8, 4) is 0 Å². The first kappa shape index (κ1) is 13.3. The first-order valence-corrected chi connectivity index (χ1v) is 5.95. The molecule has 0 aliphatic heterocycles. The van der Waals surface area contributed by atoms with Crippen LogP contribution in [0.2, 0.25) is 8.67 Å². The van der Waals surface area contributed by atoms with Crippen molar-refractivity contribution in [3.63, 3.8) is 0 Å². The maximum Gasteiger partial charge on any atom is 0.305 e. The molecule has 88 valence electrons. The van der Waals surface area contributed by atoms with Gasteiger partial charge in [-0.15, -0.1) is 11.3 Å². The van der Waals surface area contributed by atoms with Gasteiger partial charge in [0.2, 0.25) is 0 Å². The minimum atomic E-state index is -0.970. The van der Waals surface area contributed by atoms with E-state index in [1.54, 1.807) is 6.92 Å². The first-order valence-electron chi connectivity index (χ1n) is 4.37. The molecule has 0 spiro atoms. The molecule has 0 aliphatic carbocycles. The molecule has 1 aromatic heterocycles. The van der Waals surface area contributed by atoms with Crippen LogP contribution in [-0.4, -0.2) is 23.0 Å². The van der Waals surface area contributed by atoms with Crippen LogP contribution in [0.25, 0.3) is 0 Å². The van der Waals surface area contributed by atoms with E-state index in [9.17, 15) is 9.59 Å². The van der Waals surface area contributed by atoms with Crippen LogP contribution < -0.4 is 5.32 Å². The van der Waals surface area contributed by atoms with Gasteiger partial charge >= 0.3 is 5.97 Å². The van der Waals surface area contributed by atoms with E-state index < -0.39 is 17.9 Å². The van der Waals surface area contributed by atoms with Crippen molar-refractivity contribution in [1.29, 1.82) is 0 Å². The van der Waals surface area contributed by atoms with E-state index in [0.717, 1.165) is 11.3 Å². The molecule has 4 nitrogen and oxygen atoms in total. The lowest BCUT2D eigenvalue weighted by molar-refractivity contribution is -0.137. The minimum Gasteiger partial charge on any atom is -0.481 e. The van der Waals surface area contributed by atoms with Crippen LogP contribution in [0.15, 0.2) is 6.07 Å². The average Bonchev–Trinajstić information content (AvgIpc) is 2.43. The summed E-state index contributed by atoms with van der Waals surface area (Å²) in [4.78, 5) is 22.0. The van der Waals surface area contributed by atoms with Gasteiger partial charge in [0, 0.05) is 6.04 Å². The molecule has 1 amide bonds. The summed E-state index contributed by atoms with van der Waals surface area (Å²) >= 11 is 12.6. The second-order valence-electron chi connectivity index (χ2n) is 3.21. The number of carboxylic acid groups (broad SMARTS) is 1. The average molecular weight is 282 g/mol. The molecule has 7 heteroatoms. The van der Waals surface area contributed by atoms with Crippen LogP contribution >= 0.6 is 34.5 Å². The highest BCUT2D eigenvalue weighted by Crippen LogP contribution is 2.31. The Kier molecular flexibility index (Phi) is 4.58. The normalized spacial score (nSPS) is 12.2. The summed E-state index contributed by atoms with van der Waals surface area (Å²) < 4.78 is 0.714. The molecule has 0 aliphatic rings. The van der Waals surface area contributed by atoms with E-state index in [1.807, 2.05) is 0 Å². The Balaban J connectivity index is 2.65. The van der Waals surface area contributed by atoms with E-state index in [-0.39, 0.29) is 12.0 Å².